The molecule has 0 saturated carbocycles. The fraction of sp³-hybridized carbons (Fsp3) is 0.375. The summed E-state index contributed by atoms with van der Waals surface area (Å²) in [6, 6.07) is 1.44. The van der Waals surface area contributed by atoms with E-state index in [2.05, 4.69) is 15.0 Å². The quantitative estimate of drug-likeness (QED) is 0.566. The van der Waals surface area contributed by atoms with E-state index in [1.165, 1.54) is 6.07 Å². The molecule has 0 saturated heterocycles. The number of nitrogens with two attached hydrogens (primary N) is 1. The maximum atomic E-state index is 11.3. The molecule has 1 aromatic heterocycles. The molecule has 0 spiro atoms. The summed E-state index contributed by atoms with van der Waals surface area (Å²) in [6.45, 7) is 1.39. The Balaban J connectivity index is 2.47. The van der Waals surface area contributed by atoms with Crippen molar-refractivity contribution in [3.05, 3.63) is 17.5 Å². The van der Waals surface area contributed by atoms with Crippen molar-refractivity contribution in [1.29, 1.82) is 0 Å². The van der Waals surface area contributed by atoms with E-state index in [1.807, 2.05) is 0 Å². The summed E-state index contributed by atoms with van der Waals surface area (Å²) in [5.74, 6) is -0.936. The summed E-state index contributed by atoms with van der Waals surface area (Å²) in [6.07, 6.45) is -1.40. The molecule has 1 aromatic rings. The van der Waals surface area contributed by atoms with Gasteiger partial charge < -0.3 is 20.7 Å². The number of carbonyl (C=O) groups is 2. The van der Waals surface area contributed by atoms with E-state index in [4.69, 9.17) is 10.8 Å². The van der Waals surface area contributed by atoms with Crippen LogP contribution in [-0.4, -0.2) is 34.7 Å². The van der Waals surface area contributed by atoms with E-state index in [0.29, 0.717) is 5.76 Å². The molecule has 2 amide bonds. The van der Waals surface area contributed by atoms with Gasteiger partial charge in [0.2, 0.25) is 5.91 Å². The molecule has 0 aliphatic heterocycles. The van der Waals surface area contributed by atoms with Crippen molar-refractivity contribution in [1.82, 2.24) is 10.5 Å². The van der Waals surface area contributed by atoms with Gasteiger partial charge >= 0.3 is 0 Å². The van der Waals surface area contributed by atoms with Gasteiger partial charge in [0.1, 0.15) is 11.9 Å². The predicted molar refractivity (Wildman–Crippen MR) is 48.8 cm³/mol. The van der Waals surface area contributed by atoms with Crippen molar-refractivity contribution in [3.63, 3.8) is 0 Å². The third kappa shape index (κ3) is 3.06. The molecule has 82 valence electrons. The molecule has 4 N–H and O–H groups in total. The second-order valence-corrected chi connectivity index (χ2v) is 2.95. The standard InChI is InChI=1S/C8H11N3O4/c1-4-2-5(11-15-4)8(14)10-3-6(12)7(9)13/h2,6,12H,3H2,1H3,(H2,9,13)(H,10,14). The van der Waals surface area contributed by atoms with Gasteiger partial charge in [-0.15, -0.1) is 0 Å². The summed E-state index contributed by atoms with van der Waals surface area (Å²) in [7, 11) is 0. The first-order valence-corrected chi connectivity index (χ1v) is 4.19. The van der Waals surface area contributed by atoms with Crippen LogP contribution in [0, 0.1) is 6.92 Å². The molecule has 0 bridgehead atoms. The zero-order chi connectivity index (χ0) is 11.4. The molecular formula is C8H11N3O4. The molecule has 0 aliphatic carbocycles. The molecule has 1 heterocycles. The van der Waals surface area contributed by atoms with Crippen molar-refractivity contribution in [2.45, 2.75) is 13.0 Å². The third-order valence-corrected chi connectivity index (χ3v) is 1.64. The highest BCUT2D eigenvalue weighted by Crippen LogP contribution is 2.00. The number of amides is 2. The SMILES string of the molecule is Cc1cc(C(=O)NCC(O)C(N)=O)no1. The van der Waals surface area contributed by atoms with Crippen molar-refractivity contribution < 1.29 is 19.2 Å². The Hall–Kier alpha value is -1.89. The maximum Gasteiger partial charge on any atom is 0.273 e. The number of primary amides is 1. The average molecular weight is 213 g/mol. The number of nitrogens with one attached hydrogen (secondary N) is 1. The summed E-state index contributed by atoms with van der Waals surface area (Å²) in [4.78, 5) is 21.7. The first-order chi connectivity index (χ1) is 7.00. The largest absolute Gasteiger partial charge is 0.381 e. The highest BCUT2D eigenvalue weighted by atomic mass is 16.5. The topological polar surface area (TPSA) is 118 Å². The number of hydrogen-bond acceptors (Lipinski definition) is 5. The second-order valence-electron chi connectivity index (χ2n) is 2.95. The van der Waals surface area contributed by atoms with Crippen molar-refractivity contribution in [2.75, 3.05) is 6.54 Å². The number of rotatable bonds is 4. The number of aromatic nitrogens is 1. The maximum absolute atomic E-state index is 11.3. The molecular weight excluding hydrogens is 202 g/mol. The number of aliphatic hydroxyl groups is 1. The lowest BCUT2D eigenvalue weighted by molar-refractivity contribution is -0.125. The molecule has 15 heavy (non-hydrogen) atoms. The zero-order valence-electron chi connectivity index (χ0n) is 8.06. The van der Waals surface area contributed by atoms with Gasteiger partial charge in [0.05, 0.1) is 6.54 Å². The van der Waals surface area contributed by atoms with Gasteiger partial charge in [0, 0.05) is 6.07 Å². The van der Waals surface area contributed by atoms with Gasteiger partial charge in [0.15, 0.2) is 5.69 Å². The number of nitrogens with zero attached hydrogens (tertiary/aromatic N) is 1. The molecule has 0 fully saturated rings. The third-order valence-electron chi connectivity index (χ3n) is 1.64. The van der Waals surface area contributed by atoms with Crippen LogP contribution in [0.5, 0.6) is 0 Å². The number of carbonyl (C=O) groups excluding carboxylic acids is 2. The summed E-state index contributed by atoms with van der Waals surface area (Å²) < 4.78 is 4.67. The Morgan fingerprint density at radius 2 is 2.40 bits per heavy atom. The van der Waals surface area contributed by atoms with Crippen LogP contribution in [0.2, 0.25) is 0 Å². The Morgan fingerprint density at radius 1 is 1.73 bits per heavy atom. The van der Waals surface area contributed by atoms with E-state index >= 15 is 0 Å². The van der Waals surface area contributed by atoms with Crippen LogP contribution in [0.4, 0.5) is 0 Å². The van der Waals surface area contributed by atoms with Gasteiger partial charge in [0.25, 0.3) is 5.91 Å². The number of aryl methyl sites for hydroxylation is 1. The van der Waals surface area contributed by atoms with Crippen LogP contribution in [0.3, 0.4) is 0 Å². The molecule has 7 heteroatoms. The fourth-order valence-electron chi connectivity index (χ4n) is 0.854. The number of aliphatic hydroxyl groups excluding tert-OH is 1. The van der Waals surface area contributed by atoms with Crippen LogP contribution in [0.25, 0.3) is 0 Å². The van der Waals surface area contributed by atoms with Crippen molar-refractivity contribution in [2.24, 2.45) is 5.73 Å². The molecule has 0 aromatic carbocycles. The lowest BCUT2D eigenvalue weighted by Crippen LogP contribution is -2.40. The first kappa shape index (κ1) is 11.2. The van der Waals surface area contributed by atoms with Gasteiger partial charge in [-0.05, 0) is 6.92 Å². The minimum absolute atomic E-state index is 0.0872. The molecule has 7 nitrogen and oxygen atoms in total. The van der Waals surface area contributed by atoms with Gasteiger partial charge in [-0.3, -0.25) is 9.59 Å². The van der Waals surface area contributed by atoms with Crippen LogP contribution in [0.15, 0.2) is 10.6 Å². The molecule has 0 aliphatic rings. The summed E-state index contributed by atoms with van der Waals surface area (Å²) in [5, 5.41) is 14.7. The smallest absolute Gasteiger partial charge is 0.273 e. The number of hydrogen-bond donors (Lipinski definition) is 3. The van der Waals surface area contributed by atoms with Crippen molar-refractivity contribution >= 4 is 11.8 Å². The Labute approximate surface area is 85.2 Å². The van der Waals surface area contributed by atoms with Gasteiger partial charge in [-0.1, -0.05) is 5.16 Å². The Bertz CT molecular complexity index is 374. The Kier molecular flexibility index (Phi) is 3.40. The van der Waals surface area contributed by atoms with Crippen LogP contribution in [-0.2, 0) is 4.79 Å². The minimum atomic E-state index is -1.40. The minimum Gasteiger partial charge on any atom is -0.381 e. The molecule has 0 radical (unpaired) electrons. The molecule has 1 unspecified atom stereocenters. The van der Waals surface area contributed by atoms with E-state index in [0.717, 1.165) is 0 Å². The average Bonchev–Trinajstić information content (AvgIpc) is 2.60. The fourth-order valence-corrected chi connectivity index (χ4v) is 0.854. The monoisotopic (exact) mass is 213 g/mol. The van der Waals surface area contributed by atoms with Crippen LogP contribution < -0.4 is 11.1 Å². The van der Waals surface area contributed by atoms with E-state index in [1.54, 1.807) is 6.92 Å². The summed E-state index contributed by atoms with van der Waals surface area (Å²) in [5.41, 5.74) is 4.88. The highest BCUT2D eigenvalue weighted by Gasteiger charge is 2.15. The van der Waals surface area contributed by atoms with E-state index in [9.17, 15) is 9.59 Å². The van der Waals surface area contributed by atoms with Crippen LogP contribution >= 0.6 is 0 Å². The predicted octanol–water partition coefficient (Wildman–Crippen LogP) is -1.44. The molecule has 1 atom stereocenters. The second kappa shape index (κ2) is 4.56. The lowest BCUT2D eigenvalue weighted by Gasteiger charge is -2.06. The Morgan fingerprint density at radius 3 is 2.87 bits per heavy atom. The van der Waals surface area contributed by atoms with Crippen molar-refractivity contribution in [3.8, 4) is 0 Å². The summed E-state index contributed by atoms with van der Waals surface area (Å²) >= 11 is 0. The zero-order valence-corrected chi connectivity index (χ0v) is 8.06. The van der Waals surface area contributed by atoms with E-state index in [-0.39, 0.29) is 12.2 Å². The molecule has 1 rings (SSSR count). The normalized spacial score (nSPS) is 12.1. The lowest BCUT2D eigenvalue weighted by atomic mass is 10.3. The van der Waals surface area contributed by atoms with E-state index < -0.39 is 17.9 Å². The highest BCUT2D eigenvalue weighted by molar-refractivity contribution is 5.92. The van der Waals surface area contributed by atoms with Crippen LogP contribution in [0.1, 0.15) is 16.2 Å². The van der Waals surface area contributed by atoms with Gasteiger partial charge in [-0.2, -0.15) is 0 Å². The first-order valence-electron chi connectivity index (χ1n) is 4.19. The van der Waals surface area contributed by atoms with Gasteiger partial charge in [-0.25, -0.2) is 0 Å².